The normalized spacial score (nSPS) is 15.5. The second kappa shape index (κ2) is 9.80. The van der Waals surface area contributed by atoms with Gasteiger partial charge in [-0.25, -0.2) is 4.39 Å². The fourth-order valence-electron chi connectivity index (χ4n) is 4.56. The Hall–Kier alpha value is -3.46. The van der Waals surface area contributed by atoms with Crippen molar-refractivity contribution >= 4 is 22.6 Å². The topological polar surface area (TPSA) is 90.4 Å². The van der Waals surface area contributed by atoms with Crippen molar-refractivity contribution in [3.63, 3.8) is 0 Å². The number of anilines is 1. The molecule has 0 spiro atoms. The first-order valence-corrected chi connectivity index (χ1v) is 11.7. The van der Waals surface area contributed by atoms with E-state index in [2.05, 4.69) is 27.0 Å². The Morgan fingerprint density at radius 3 is 2.47 bits per heavy atom. The van der Waals surface area contributed by atoms with Gasteiger partial charge in [0.1, 0.15) is 5.82 Å². The van der Waals surface area contributed by atoms with Gasteiger partial charge in [-0.3, -0.25) is 14.4 Å². The molecule has 4 rings (SSSR count). The Kier molecular flexibility index (Phi) is 6.83. The van der Waals surface area contributed by atoms with Crippen LogP contribution in [0.3, 0.4) is 0 Å². The monoisotopic (exact) mass is 467 g/mol. The van der Waals surface area contributed by atoms with Crippen LogP contribution in [0.1, 0.15) is 42.7 Å². The van der Waals surface area contributed by atoms with Crippen LogP contribution < -0.4 is 21.3 Å². The molecule has 8 nitrogen and oxygen atoms in total. The van der Waals surface area contributed by atoms with E-state index in [1.165, 1.54) is 16.7 Å². The standard InChI is InChI=1S/C25H30FN5O3/c1-4-29-10-12-30(13-11-29)21-9-7-18(26)15-19(21)16(3)27-23(32)17-6-8-22-20(14-17)28-24(33)25(34)31(22)5-2/h6-9,14-16H,4-5,10-13H2,1-3H3,(H,27,32)(H,28,33). The van der Waals surface area contributed by atoms with Gasteiger partial charge >= 0.3 is 11.1 Å². The lowest BCUT2D eigenvalue weighted by atomic mass is 10.0. The average Bonchev–Trinajstić information content (AvgIpc) is 2.84. The Morgan fingerprint density at radius 2 is 1.79 bits per heavy atom. The molecule has 1 aliphatic heterocycles. The molecule has 0 radical (unpaired) electrons. The summed E-state index contributed by atoms with van der Waals surface area (Å²) in [5, 5.41) is 2.96. The lowest BCUT2D eigenvalue weighted by Crippen LogP contribution is -2.46. The number of fused-ring (bicyclic) bond motifs is 1. The second-order valence-corrected chi connectivity index (χ2v) is 8.56. The van der Waals surface area contributed by atoms with Crippen molar-refractivity contribution in [3.05, 3.63) is 74.0 Å². The Balaban J connectivity index is 1.59. The number of amides is 1. The van der Waals surface area contributed by atoms with Gasteiger partial charge in [0.05, 0.1) is 17.1 Å². The second-order valence-electron chi connectivity index (χ2n) is 8.56. The summed E-state index contributed by atoms with van der Waals surface area (Å²) in [6.45, 7) is 10.6. The third kappa shape index (κ3) is 4.61. The molecule has 1 amide bonds. The van der Waals surface area contributed by atoms with Crippen LogP contribution in [-0.4, -0.2) is 53.1 Å². The van der Waals surface area contributed by atoms with Gasteiger partial charge in [-0.05, 0) is 56.8 Å². The van der Waals surface area contributed by atoms with Gasteiger partial charge in [0.2, 0.25) is 0 Å². The third-order valence-electron chi connectivity index (χ3n) is 6.52. The number of aromatic nitrogens is 2. The summed E-state index contributed by atoms with van der Waals surface area (Å²) in [4.78, 5) is 44.2. The molecule has 34 heavy (non-hydrogen) atoms. The summed E-state index contributed by atoms with van der Waals surface area (Å²) in [7, 11) is 0. The maximum atomic E-state index is 14.2. The maximum absolute atomic E-state index is 14.2. The van der Waals surface area contributed by atoms with Gasteiger partial charge in [-0.1, -0.05) is 6.92 Å². The Labute approximate surface area is 197 Å². The smallest absolute Gasteiger partial charge is 0.316 e. The average molecular weight is 468 g/mol. The third-order valence-corrected chi connectivity index (χ3v) is 6.52. The van der Waals surface area contributed by atoms with Crippen LogP contribution in [0.15, 0.2) is 46.0 Å². The predicted octanol–water partition coefficient (Wildman–Crippen LogP) is 2.48. The van der Waals surface area contributed by atoms with Gasteiger partial charge in [-0.2, -0.15) is 0 Å². The lowest BCUT2D eigenvalue weighted by molar-refractivity contribution is 0.0940. The number of halogens is 1. The molecule has 0 bridgehead atoms. The van der Waals surface area contributed by atoms with Gasteiger partial charge in [-0.15, -0.1) is 0 Å². The Bertz CT molecular complexity index is 1320. The summed E-state index contributed by atoms with van der Waals surface area (Å²) in [5.41, 5.74) is 1.58. The Morgan fingerprint density at radius 1 is 1.06 bits per heavy atom. The number of aromatic amines is 1. The van der Waals surface area contributed by atoms with Gasteiger partial charge in [0.25, 0.3) is 5.91 Å². The molecular formula is C25H30FN5O3. The van der Waals surface area contributed by atoms with E-state index in [0.29, 0.717) is 28.7 Å². The molecule has 1 fully saturated rings. The number of benzene rings is 2. The lowest BCUT2D eigenvalue weighted by Gasteiger charge is -2.37. The minimum atomic E-state index is -0.729. The van der Waals surface area contributed by atoms with Crippen LogP contribution in [-0.2, 0) is 6.54 Å². The number of rotatable bonds is 6. The summed E-state index contributed by atoms with van der Waals surface area (Å²) < 4.78 is 15.5. The number of hydrogen-bond donors (Lipinski definition) is 2. The molecule has 1 saturated heterocycles. The quantitative estimate of drug-likeness (QED) is 0.544. The molecule has 2 heterocycles. The predicted molar refractivity (Wildman–Crippen MR) is 131 cm³/mol. The molecule has 2 N–H and O–H groups in total. The molecule has 0 aliphatic carbocycles. The molecule has 180 valence electrons. The van der Waals surface area contributed by atoms with Crippen molar-refractivity contribution in [2.75, 3.05) is 37.6 Å². The van der Waals surface area contributed by atoms with Gasteiger partial charge in [0, 0.05) is 49.5 Å². The highest BCUT2D eigenvalue weighted by atomic mass is 19.1. The van der Waals surface area contributed by atoms with E-state index in [1.54, 1.807) is 31.2 Å². The summed E-state index contributed by atoms with van der Waals surface area (Å²) >= 11 is 0. The van der Waals surface area contributed by atoms with Crippen molar-refractivity contribution < 1.29 is 9.18 Å². The molecular weight excluding hydrogens is 437 g/mol. The zero-order valence-corrected chi connectivity index (χ0v) is 19.7. The molecule has 3 aromatic rings. The fourth-order valence-corrected chi connectivity index (χ4v) is 4.56. The number of carbonyl (C=O) groups excluding carboxylic acids is 1. The van der Waals surface area contributed by atoms with Crippen molar-refractivity contribution in [2.45, 2.75) is 33.4 Å². The van der Waals surface area contributed by atoms with Crippen LogP contribution in [0.4, 0.5) is 10.1 Å². The number of likely N-dealkylation sites (N-methyl/N-ethyl adjacent to an activating group) is 1. The van der Waals surface area contributed by atoms with Crippen molar-refractivity contribution in [1.82, 2.24) is 19.8 Å². The number of H-pyrrole nitrogens is 1. The van der Waals surface area contributed by atoms with E-state index in [0.717, 1.165) is 38.4 Å². The number of carbonyl (C=O) groups is 1. The first-order valence-electron chi connectivity index (χ1n) is 11.7. The molecule has 2 aromatic carbocycles. The van der Waals surface area contributed by atoms with E-state index in [-0.39, 0.29) is 11.7 Å². The molecule has 1 aliphatic rings. The van der Waals surface area contributed by atoms with Crippen LogP contribution in [0.25, 0.3) is 11.0 Å². The van der Waals surface area contributed by atoms with E-state index in [4.69, 9.17) is 0 Å². The summed E-state index contributed by atoms with van der Waals surface area (Å²) in [6, 6.07) is 9.08. The SMILES string of the molecule is CCN1CCN(c2ccc(F)cc2C(C)NC(=O)c2ccc3c(c2)[nH]c(=O)c(=O)n3CC)CC1. The number of aryl methyl sites for hydroxylation is 1. The van der Waals surface area contributed by atoms with Crippen LogP contribution in [0, 0.1) is 5.82 Å². The molecule has 1 unspecified atom stereocenters. The van der Waals surface area contributed by atoms with Crippen LogP contribution >= 0.6 is 0 Å². The first-order chi connectivity index (χ1) is 16.3. The van der Waals surface area contributed by atoms with Gasteiger partial charge in [0.15, 0.2) is 0 Å². The number of piperazine rings is 1. The fraction of sp³-hybridized carbons (Fsp3) is 0.400. The highest BCUT2D eigenvalue weighted by Gasteiger charge is 2.22. The minimum Gasteiger partial charge on any atom is -0.369 e. The highest BCUT2D eigenvalue weighted by molar-refractivity contribution is 5.97. The van der Waals surface area contributed by atoms with Crippen LogP contribution in [0.5, 0.6) is 0 Å². The largest absolute Gasteiger partial charge is 0.369 e. The van der Waals surface area contributed by atoms with E-state index in [9.17, 15) is 18.8 Å². The van der Waals surface area contributed by atoms with E-state index >= 15 is 0 Å². The van der Waals surface area contributed by atoms with E-state index < -0.39 is 17.2 Å². The number of hydrogen-bond acceptors (Lipinski definition) is 5. The zero-order chi connectivity index (χ0) is 24.4. The maximum Gasteiger partial charge on any atom is 0.316 e. The number of nitrogens with one attached hydrogen (secondary N) is 2. The van der Waals surface area contributed by atoms with Gasteiger partial charge < -0.3 is 24.7 Å². The zero-order valence-electron chi connectivity index (χ0n) is 19.7. The minimum absolute atomic E-state index is 0.339. The summed E-state index contributed by atoms with van der Waals surface area (Å²) in [5.74, 6) is -0.705. The molecule has 1 atom stereocenters. The first kappa shape index (κ1) is 23.7. The van der Waals surface area contributed by atoms with Crippen molar-refractivity contribution in [2.24, 2.45) is 0 Å². The molecule has 0 saturated carbocycles. The van der Waals surface area contributed by atoms with Crippen LogP contribution in [0.2, 0.25) is 0 Å². The van der Waals surface area contributed by atoms with Crippen molar-refractivity contribution in [3.8, 4) is 0 Å². The highest BCUT2D eigenvalue weighted by Crippen LogP contribution is 2.29. The number of nitrogens with zero attached hydrogens (tertiary/aromatic N) is 3. The molecule has 9 heteroatoms. The molecule has 1 aromatic heterocycles. The van der Waals surface area contributed by atoms with E-state index in [1.807, 2.05) is 6.92 Å². The summed E-state index contributed by atoms with van der Waals surface area (Å²) in [6.07, 6.45) is 0. The van der Waals surface area contributed by atoms with Crippen molar-refractivity contribution in [1.29, 1.82) is 0 Å².